The van der Waals surface area contributed by atoms with Crippen LogP contribution in [0.3, 0.4) is 0 Å². The fraction of sp³-hybridized carbons (Fsp3) is 0.533. The van der Waals surface area contributed by atoms with E-state index >= 15 is 0 Å². The number of halogens is 2. The number of likely N-dealkylation sites (tertiary alicyclic amines) is 1. The van der Waals surface area contributed by atoms with Crippen LogP contribution >= 0.6 is 31.9 Å². The van der Waals surface area contributed by atoms with Crippen LogP contribution in [-0.2, 0) is 0 Å². The monoisotopic (exact) mass is 402 g/mol. The summed E-state index contributed by atoms with van der Waals surface area (Å²) in [6.07, 6.45) is 3.57. The van der Waals surface area contributed by atoms with Crippen molar-refractivity contribution in [2.24, 2.45) is 5.92 Å². The van der Waals surface area contributed by atoms with Crippen LogP contribution in [0, 0.1) is 5.92 Å². The molecule has 1 aromatic carbocycles. The van der Waals surface area contributed by atoms with Crippen LogP contribution in [0.1, 0.15) is 29.6 Å². The van der Waals surface area contributed by atoms with E-state index in [0.29, 0.717) is 5.56 Å². The second-order valence-electron chi connectivity index (χ2n) is 5.45. The van der Waals surface area contributed by atoms with Crippen molar-refractivity contribution in [1.82, 2.24) is 10.2 Å². The van der Waals surface area contributed by atoms with Gasteiger partial charge in [-0.05, 0) is 63.5 Å². The van der Waals surface area contributed by atoms with Gasteiger partial charge in [0.2, 0.25) is 0 Å². The van der Waals surface area contributed by atoms with Crippen molar-refractivity contribution in [3.8, 4) is 0 Å². The van der Waals surface area contributed by atoms with Gasteiger partial charge < -0.3 is 10.2 Å². The van der Waals surface area contributed by atoms with Gasteiger partial charge >= 0.3 is 0 Å². The summed E-state index contributed by atoms with van der Waals surface area (Å²) in [5.74, 6) is 0.751. The second-order valence-corrected chi connectivity index (χ2v) is 7.28. The lowest BCUT2D eigenvalue weighted by molar-refractivity contribution is 0.0949. The van der Waals surface area contributed by atoms with Crippen LogP contribution in [0.2, 0.25) is 0 Å². The molecule has 1 aromatic rings. The summed E-state index contributed by atoms with van der Waals surface area (Å²) >= 11 is 6.81. The van der Waals surface area contributed by atoms with Crippen LogP contribution in [0.5, 0.6) is 0 Å². The molecule has 1 aliphatic rings. The van der Waals surface area contributed by atoms with Crippen molar-refractivity contribution < 1.29 is 4.79 Å². The number of nitrogens with zero attached hydrogens (tertiary/aromatic N) is 1. The molecule has 3 nitrogen and oxygen atoms in total. The molecule has 0 aromatic heterocycles. The molecule has 20 heavy (non-hydrogen) atoms. The zero-order chi connectivity index (χ0) is 14.5. The number of amides is 1. The van der Waals surface area contributed by atoms with E-state index in [1.165, 1.54) is 25.9 Å². The van der Waals surface area contributed by atoms with E-state index in [9.17, 15) is 4.79 Å². The molecular weight excluding hydrogens is 384 g/mol. The van der Waals surface area contributed by atoms with Crippen LogP contribution in [-0.4, -0.2) is 37.5 Å². The largest absolute Gasteiger partial charge is 0.352 e. The van der Waals surface area contributed by atoms with Crippen LogP contribution in [0.25, 0.3) is 0 Å². The van der Waals surface area contributed by atoms with Gasteiger partial charge in [0, 0.05) is 21.1 Å². The van der Waals surface area contributed by atoms with E-state index in [-0.39, 0.29) is 5.91 Å². The summed E-state index contributed by atoms with van der Waals surface area (Å²) in [6, 6.07) is 5.61. The van der Waals surface area contributed by atoms with Crippen molar-refractivity contribution in [3.63, 3.8) is 0 Å². The predicted octanol–water partition coefficient (Wildman–Crippen LogP) is 3.67. The maximum absolute atomic E-state index is 12.1. The van der Waals surface area contributed by atoms with E-state index < -0.39 is 0 Å². The third kappa shape index (κ3) is 4.86. The molecule has 5 heteroatoms. The van der Waals surface area contributed by atoms with Crippen LogP contribution in [0.4, 0.5) is 0 Å². The maximum atomic E-state index is 12.1. The van der Waals surface area contributed by atoms with Gasteiger partial charge in [-0.25, -0.2) is 0 Å². The molecule has 1 fully saturated rings. The van der Waals surface area contributed by atoms with Crippen LogP contribution < -0.4 is 5.32 Å². The minimum absolute atomic E-state index is 0.0000671. The summed E-state index contributed by atoms with van der Waals surface area (Å²) in [6.45, 7) is 3.12. The average Bonchev–Trinajstić information content (AvgIpc) is 2.40. The number of piperidine rings is 1. The molecule has 0 spiro atoms. The fourth-order valence-corrected chi connectivity index (χ4v) is 3.82. The first kappa shape index (κ1) is 16.0. The number of hydrogen-bond donors (Lipinski definition) is 1. The van der Waals surface area contributed by atoms with E-state index in [1.807, 2.05) is 18.2 Å². The molecule has 1 aliphatic heterocycles. The van der Waals surface area contributed by atoms with E-state index in [2.05, 4.69) is 49.1 Å². The molecule has 1 N–H and O–H groups in total. The standard InChI is InChI=1S/C15H20Br2N2O/c1-19-6-3-11(4-7-19)2-5-18-15(20)12-8-13(16)10-14(17)9-12/h8-11H,2-7H2,1H3,(H,18,20). The van der Waals surface area contributed by atoms with Gasteiger partial charge in [0.25, 0.3) is 5.91 Å². The summed E-state index contributed by atoms with van der Waals surface area (Å²) in [5.41, 5.74) is 0.689. The van der Waals surface area contributed by atoms with Gasteiger partial charge in [-0.3, -0.25) is 4.79 Å². The average molecular weight is 404 g/mol. The Bertz CT molecular complexity index is 451. The van der Waals surface area contributed by atoms with E-state index in [4.69, 9.17) is 0 Å². The lowest BCUT2D eigenvalue weighted by atomic mass is 9.94. The Kier molecular flexibility index (Phi) is 6.05. The Balaban J connectivity index is 1.77. The van der Waals surface area contributed by atoms with Gasteiger partial charge in [0.15, 0.2) is 0 Å². The van der Waals surface area contributed by atoms with Crippen molar-refractivity contribution in [2.75, 3.05) is 26.7 Å². The lowest BCUT2D eigenvalue weighted by Crippen LogP contribution is -2.32. The third-order valence-electron chi connectivity index (χ3n) is 3.80. The first-order valence-electron chi connectivity index (χ1n) is 6.97. The maximum Gasteiger partial charge on any atom is 0.251 e. The first-order valence-corrected chi connectivity index (χ1v) is 8.56. The number of carbonyl (C=O) groups is 1. The fourth-order valence-electron chi connectivity index (χ4n) is 2.53. The Hall–Kier alpha value is -0.390. The summed E-state index contributed by atoms with van der Waals surface area (Å²) in [5, 5.41) is 3.02. The molecule has 110 valence electrons. The van der Waals surface area contributed by atoms with Gasteiger partial charge in [0.05, 0.1) is 0 Å². The highest BCUT2D eigenvalue weighted by Gasteiger charge is 2.16. The molecule has 1 amide bonds. The minimum atomic E-state index is -0.0000671. The number of hydrogen-bond acceptors (Lipinski definition) is 2. The van der Waals surface area contributed by atoms with Gasteiger partial charge in [-0.1, -0.05) is 31.9 Å². The predicted molar refractivity (Wildman–Crippen MR) is 89.0 cm³/mol. The Morgan fingerprint density at radius 2 is 1.85 bits per heavy atom. The van der Waals surface area contributed by atoms with Gasteiger partial charge in [-0.2, -0.15) is 0 Å². The molecule has 0 saturated carbocycles. The molecule has 0 bridgehead atoms. The van der Waals surface area contributed by atoms with Crippen LogP contribution in [0.15, 0.2) is 27.1 Å². The highest BCUT2D eigenvalue weighted by molar-refractivity contribution is 9.11. The van der Waals surface area contributed by atoms with Gasteiger partial charge in [-0.15, -0.1) is 0 Å². The summed E-state index contributed by atoms with van der Waals surface area (Å²) in [4.78, 5) is 14.5. The smallest absolute Gasteiger partial charge is 0.251 e. The normalized spacial score (nSPS) is 17.1. The topological polar surface area (TPSA) is 32.3 Å². The molecule has 0 atom stereocenters. The lowest BCUT2D eigenvalue weighted by Gasteiger charge is -2.28. The highest BCUT2D eigenvalue weighted by atomic mass is 79.9. The zero-order valence-electron chi connectivity index (χ0n) is 11.7. The minimum Gasteiger partial charge on any atom is -0.352 e. The van der Waals surface area contributed by atoms with Gasteiger partial charge in [0.1, 0.15) is 0 Å². The zero-order valence-corrected chi connectivity index (χ0v) is 14.8. The van der Waals surface area contributed by atoms with Crippen molar-refractivity contribution in [2.45, 2.75) is 19.3 Å². The molecule has 2 rings (SSSR count). The molecule has 1 saturated heterocycles. The quantitative estimate of drug-likeness (QED) is 0.831. The Morgan fingerprint density at radius 3 is 2.45 bits per heavy atom. The Labute approximate surface area is 137 Å². The van der Waals surface area contributed by atoms with Crippen molar-refractivity contribution >= 4 is 37.8 Å². The first-order chi connectivity index (χ1) is 9.54. The molecular formula is C15H20Br2N2O. The SMILES string of the molecule is CN1CCC(CCNC(=O)c2cc(Br)cc(Br)c2)CC1. The summed E-state index contributed by atoms with van der Waals surface area (Å²) in [7, 11) is 2.17. The number of carbonyl (C=O) groups excluding carboxylic acids is 1. The molecule has 1 heterocycles. The number of nitrogens with one attached hydrogen (secondary N) is 1. The van der Waals surface area contributed by atoms with Crippen molar-refractivity contribution in [1.29, 1.82) is 0 Å². The molecule has 0 radical (unpaired) electrons. The van der Waals surface area contributed by atoms with E-state index in [0.717, 1.165) is 27.8 Å². The molecule has 0 unspecified atom stereocenters. The number of rotatable bonds is 4. The number of benzene rings is 1. The molecule has 0 aliphatic carbocycles. The van der Waals surface area contributed by atoms with E-state index in [1.54, 1.807) is 0 Å². The Morgan fingerprint density at radius 1 is 1.25 bits per heavy atom. The summed E-state index contributed by atoms with van der Waals surface area (Å²) < 4.78 is 1.82. The highest BCUT2D eigenvalue weighted by Crippen LogP contribution is 2.21. The third-order valence-corrected chi connectivity index (χ3v) is 4.72. The van der Waals surface area contributed by atoms with Crippen molar-refractivity contribution in [3.05, 3.63) is 32.7 Å². The second kappa shape index (κ2) is 7.57.